The molecule has 0 unspecified atom stereocenters. The number of benzene rings is 4. The van der Waals surface area contributed by atoms with Crippen LogP contribution in [0.2, 0.25) is 0 Å². The van der Waals surface area contributed by atoms with Gasteiger partial charge in [-0.05, 0) is 67.1 Å². The molecule has 3 N–H and O–H groups in total. The Morgan fingerprint density at radius 1 is 0.886 bits per heavy atom. The van der Waals surface area contributed by atoms with Gasteiger partial charge in [-0.15, -0.1) is 23.1 Å². The van der Waals surface area contributed by atoms with Crippen LogP contribution in [0.25, 0.3) is 17.3 Å². The van der Waals surface area contributed by atoms with Crippen molar-refractivity contribution in [2.75, 3.05) is 16.4 Å². The maximum absolute atomic E-state index is 13.3. The Bertz CT molecular complexity index is 1800. The van der Waals surface area contributed by atoms with Crippen molar-refractivity contribution in [3.63, 3.8) is 0 Å². The Morgan fingerprint density at radius 2 is 1.64 bits per heavy atom. The largest absolute Gasteiger partial charge is 0.321 e. The van der Waals surface area contributed by atoms with Gasteiger partial charge in [-0.1, -0.05) is 76.1 Å². The third-order valence-corrected chi connectivity index (χ3v) is 8.55. The Labute approximate surface area is 272 Å². The van der Waals surface area contributed by atoms with Crippen LogP contribution < -0.4 is 16.0 Å². The summed E-state index contributed by atoms with van der Waals surface area (Å²) < 4.78 is 0.990. The molecule has 5 aromatic rings. The van der Waals surface area contributed by atoms with Crippen LogP contribution in [0, 0.1) is 6.92 Å². The van der Waals surface area contributed by atoms with Crippen LogP contribution in [-0.2, 0) is 9.59 Å². The average Bonchev–Trinajstić information content (AvgIpc) is 3.49. The summed E-state index contributed by atoms with van der Waals surface area (Å²) in [4.78, 5) is 44.1. The normalized spacial score (nSPS) is 11.1. The first-order chi connectivity index (χ1) is 21.3. The van der Waals surface area contributed by atoms with E-state index in [0.29, 0.717) is 16.4 Å². The molecular formula is C34H27BrN4O3S2. The van der Waals surface area contributed by atoms with E-state index in [2.05, 4.69) is 36.9 Å². The Kier molecular flexibility index (Phi) is 10.4. The first kappa shape index (κ1) is 30.9. The van der Waals surface area contributed by atoms with Crippen molar-refractivity contribution in [2.45, 2.75) is 11.8 Å². The molecule has 0 aliphatic heterocycles. The fraction of sp³-hybridized carbons (Fsp3) is 0.0588. The van der Waals surface area contributed by atoms with E-state index < -0.39 is 5.91 Å². The number of thiazole rings is 1. The van der Waals surface area contributed by atoms with Crippen LogP contribution >= 0.6 is 39.0 Å². The minimum absolute atomic E-state index is 0.116. The lowest BCUT2D eigenvalue weighted by atomic mass is 10.1. The fourth-order valence-electron chi connectivity index (χ4n) is 4.09. The number of nitrogens with zero attached hydrogens (tertiary/aromatic N) is 1. The van der Waals surface area contributed by atoms with Crippen molar-refractivity contribution in [3.05, 3.63) is 135 Å². The number of aromatic nitrogens is 1. The third kappa shape index (κ3) is 8.76. The van der Waals surface area contributed by atoms with Gasteiger partial charge in [-0.2, -0.15) is 0 Å². The zero-order valence-electron chi connectivity index (χ0n) is 23.5. The maximum atomic E-state index is 13.3. The first-order valence-electron chi connectivity index (χ1n) is 13.5. The molecule has 0 atom stereocenters. The van der Waals surface area contributed by atoms with E-state index in [-0.39, 0.29) is 23.3 Å². The maximum Gasteiger partial charge on any atom is 0.272 e. The summed E-state index contributed by atoms with van der Waals surface area (Å²) in [6, 6.07) is 31.4. The van der Waals surface area contributed by atoms with E-state index in [0.717, 1.165) is 31.8 Å². The zero-order chi connectivity index (χ0) is 30.9. The summed E-state index contributed by atoms with van der Waals surface area (Å²) in [6.07, 6.45) is 1.65. The molecular weight excluding hydrogens is 656 g/mol. The molecule has 1 heterocycles. The molecule has 0 bridgehead atoms. The summed E-state index contributed by atoms with van der Waals surface area (Å²) in [7, 11) is 0. The van der Waals surface area contributed by atoms with E-state index in [1.807, 2.05) is 79.0 Å². The topological polar surface area (TPSA) is 100 Å². The minimum atomic E-state index is -0.457. The average molecular weight is 684 g/mol. The number of amides is 3. The van der Waals surface area contributed by atoms with Crippen molar-refractivity contribution < 1.29 is 14.4 Å². The van der Waals surface area contributed by atoms with Crippen LogP contribution in [0.3, 0.4) is 0 Å². The second kappa shape index (κ2) is 14.8. The highest BCUT2D eigenvalue weighted by molar-refractivity contribution is 9.10. The SMILES string of the molecule is Cc1cccc(/C=C(\NC(=O)c2ccccc2)C(=O)Nc2ccc(SCC(=O)Nc3nc(-c4ccc(Br)cc4)cs3)cc2)c1. The molecule has 5 rings (SSSR count). The monoisotopic (exact) mass is 682 g/mol. The Balaban J connectivity index is 1.18. The number of carbonyl (C=O) groups excluding carboxylic acids is 3. The number of halogens is 1. The summed E-state index contributed by atoms with van der Waals surface area (Å²) in [5.74, 6) is -0.800. The highest BCUT2D eigenvalue weighted by Crippen LogP contribution is 2.27. The van der Waals surface area contributed by atoms with Gasteiger partial charge in [0.05, 0.1) is 11.4 Å². The Hall–Kier alpha value is -4.51. The molecule has 220 valence electrons. The van der Waals surface area contributed by atoms with Gasteiger partial charge in [-0.25, -0.2) is 4.98 Å². The molecule has 0 aliphatic rings. The number of nitrogens with one attached hydrogen (secondary N) is 3. The van der Waals surface area contributed by atoms with Gasteiger partial charge in [0.1, 0.15) is 5.70 Å². The number of hydrogen-bond donors (Lipinski definition) is 3. The summed E-state index contributed by atoms with van der Waals surface area (Å²) in [5.41, 5.74) is 4.71. The summed E-state index contributed by atoms with van der Waals surface area (Å²) in [5, 5.41) is 10.9. The summed E-state index contributed by atoms with van der Waals surface area (Å²) in [6.45, 7) is 1.96. The van der Waals surface area contributed by atoms with Crippen LogP contribution in [0.5, 0.6) is 0 Å². The molecule has 0 saturated heterocycles. The zero-order valence-corrected chi connectivity index (χ0v) is 26.8. The number of rotatable bonds is 10. The van der Waals surface area contributed by atoms with E-state index in [1.165, 1.54) is 23.1 Å². The van der Waals surface area contributed by atoms with Crippen LogP contribution in [-0.4, -0.2) is 28.5 Å². The van der Waals surface area contributed by atoms with E-state index in [4.69, 9.17) is 0 Å². The van der Waals surface area contributed by atoms with Gasteiger partial charge in [0.2, 0.25) is 5.91 Å². The second-order valence-corrected chi connectivity index (χ2v) is 12.5. The molecule has 7 nitrogen and oxygen atoms in total. The quantitative estimate of drug-likeness (QED) is 0.102. The number of thioether (sulfide) groups is 1. The van der Waals surface area contributed by atoms with Gasteiger partial charge < -0.3 is 16.0 Å². The highest BCUT2D eigenvalue weighted by Gasteiger charge is 2.15. The lowest BCUT2D eigenvalue weighted by molar-refractivity contribution is -0.114. The van der Waals surface area contributed by atoms with E-state index in [1.54, 1.807) is 42.5 Å². The van der Waals surface area contributed by atoms with Crippen molar-refractivity contribution in [2.24, 2.45) is 0 Å². The van der Waals surface area contributed by atoms with Crippen molar-refractivity contribution >= 4 is 73.6 Å². The molecule has 0 saturated carbocycles. The molecule has 4 aromatic carbocycles. The predicted octanol–water partition coefficient (Wildman–Crippen LogP) is 8.02. The lowest BCUT2D eigenvalue weighted by Crippen LogP contribution is -2.30. The molecule has 1 aromatic heterocycles. The highest BCUT2D eigenvalue weighted by atomic mass is 79.9. The van der Waals surface area contributed by atoms with Gasteiger partial charge >= 0.3 is 0 Å². The molecule has 10 heteroatoms. The summed E-state index contributed by atoms with van der Waals surface area (Å²) >= 11 is 6.18. The first-order valence-corrected chi connectivity index (χ1v) is 16.2. The van der Waals surface area contributed by atoms with Crippen molar-refractivity contribution in [3.8, 4) is 11.3 Å². The minimum Gasteiger partial charge on any atom is -0.321 e. The van der Waals surface area contributed by atoms with Crippen LogP contribution in [0.15, 0.2) is 124 Å². The smallest absolute Gasteiger partial charge is 0.272 e. The molecule has 44 heavy (non-hydrogen) atoms. The number of carbonyl (C=O) groups is 3. The van der Waals surface area contributed by atoms with E-state index in [9.17, 15) is 14.4 Å². The number of hydrogen-bond acceptors (Lipinski definition) is 6. The van der Waals surface area contributed by atoms with Gasteiger partial charge in [0.25, 0.3) is 11.8 Å². The van der Waals surface area contributed by atoms with Crippen molar-refractivity contribution in [1.29, 1.82) is 0 Å². The van der Waals surface area contributed by atoms with Crippen LogP contribution in [0.4, 0.5) is 10.8 Å². The Morgan fingerprint density at radius 3 is 2.36 bits per heavy atom. The fourth-order valence-corrected chi connectivity index (χ4v) is 5.79. The molecule has 0 aliphatic carbocycles. The number of aryl methyl sites for hydroxylation is 1. The second-order valence-electron chi connectivity index (χ2n) is 9.65. The standard InChI is InChI=1S/C34H27BrN4O3S2/c1-22-6-5-7-23(18-22)19-29(37-32(41)25-8-3-2-4-9-25)33(42)36-27-14-16-28(17-15-27)43-21-31(40)39-34-38-30(20-44-34)24-10-12-26(35)13-11-24/h2-20H,21H2,1H3,(H,36,42)(H,37,41)(H,38,39,40)/b29-19-. The van der Waals surface area contributed by atoms with Gasteiger partial charge in [0.15, 0.2) is 5.13 Å². The predicted molar refractivity (Wildman–Crippen MR) is 183 cm³/mol. The van der Waals surface area contributed by atoms with Gasteiger partial charge in [-0.3, -0.25) is 14.4 Å². The molecule has 0 fully saturated rings. The third-order valence-electron chi connectivity index (χ3n) is 6.25. The lowest BCUT2D eigenvalue weighted by Gasteiger charge is -2.12. The molecule has 0 radical (unpaired) electrons. The number of anilines is 2. The van der Waals surface area contributed by atoms with Crippen LogP contribution in [0.1, 0.15) is 21.5 Å². The van der Waals surface area contributed by atoms with Crippen molar-refractivity contribution in [1.82, 2.24) is 10.3 Å². The van der Waals surface area contributed by atoms with E-state index >= 15 is 0 Å². The van der Waals surface area contributed by atoms with Gasteiger partial charge in [0, 0.05) is 31.6 Å². The molecule has 0 spiro atoms. The molecule has 3 amide bonds.